The predicted octanol–water partition coefficient (Wildman–Crippen LogP) is 1.93. The Kier molecular flexibility index (Phi) is 4.71. The van der Waals surface area contributed by atoms with Crippen LogP contribution in [-0.4, -0.2) is 37.1 Å². The highest BCUT2D eigenvalue weighted by molar-refractivity contribution is 5.98. The van der Waals surface area contributed by atoms with Gasteiger partial charge in [-0.3, -0.25) is 4.79 Å². The highest BCUT2D eigenvalue weighted by atomic mass is 16.5. The maximum absolute atomic E-state index is 12.3. The van der Waals surface area contributed by atoms with Crippen LogP contribution in [0.1, 0.15) is 16.1 Å². The Morgan fingerprint density at radius 1 is 0.952 bits per heavy atom. The second kappa shape index (κ2) is 6.69. The van der Waals surface area contributed by atoms with Gasteiger partial charge in [0, 0.05) is 17.7 Å². The quantitative estimate of drug-likeness (QED) is 0.756. The Bertz CT molecular complexity index is 621. The first-order chi connectivity index (χ1) is 10.2. The molecule has 0 N–H and O–H groups in total. The molecule has 21 heavy (non-hydrogen) atoms. The largest absolute Gasteiger partial charge is 0.497 e. The van der Waals surface area contributed by atoms with Gasteiger partial charge in [-0.05, 0) is 12.1 Å². The number of Topliss-reactive ketones (excluding diaryl/α,β-unsaturated/α-hetero) is 1. The van der Waals surface area contributed by atoms with Gasteiger partial charge in [-0.2, -0.15) is 0 Å². The summed E-state index contributed by atoms with van der Waals surface area (Å²) in [4.78, 5) is 20.3. The smallest absolute Gasteiger partial charge is 0.216 e. The zero-order chi connectivity index (χ0) is 15.2. The molecule has 0 saturated heterocycles. The van der Waals surface area contributed by atoms with Gasteiger partial charge >= 0.3 is 0 Å². The van der Waals surface area contributed by atoms with Crippen LogP contribution in [0.25, 0.3) is 0 Å². The first kappa shape index (κ1) is 14.8. The zero-order valence-electron chi connectivity index (χ0n) is 12.1. The van der Waals surface area contributed by atoms with E-state index in [2.05, 4.69) is 9.97 Å². The maximum atomic E-state index is 12.3. The van der Waals surface area contributed by atoms with Crippen LogP contribution < -0.4 is 14.2 Å². The minimum atomic E-state index is -0.0899. The van der Waals surface area contributed by atoms with E-state index in [1.807, 2.05) is 0 Å². The second-order valence-corrected chi connectivity index (χ2v) is 4.25. The molecule has 0 aliphatic rings. The van der Waals surface area contributed by atoms with Crippen LogP contribution in [0, 0.1) is 0 Å². The topological polar surface area (TPSA) is 70.5 Å². The van der Waals surface area contributed by atoms with E-state index in [0.717, 1.165) is 0 Å². The van der Waals surface area contributed by atoms with Crippen LogP contribution in [0.5, 0.6) is 17.4 Å². The Morgan fingerprint density at radius 2 is 1.62 bits per heavy atom. The van der Waals surface area contributed by atoms with Crippen LogP contribution in [-0.2, 0) is 6.42 Å². The van der Waals surface area contributed by atoms with Crippen molar-refractivity contribution in [1.82, 2.24) is 9.97 Å². The molecule has 2 rings (SSSR count). The Balaban J connectivity index is 2.23. The third kappa shape index (κ3) is 3.68. The molecule has 1 heterocycles. The Labute approximate surface area is 122 Å². The summed E-state index contributed by atoms with van der Waals surface area (Å²) in [6.07, 6.45) is 1.52. The molecule has 0 spiro atoms. The van der Waals surface area contributed by atoms with Crippen molar-refractivity contribution in [2.24, 2.45) is 0 Å². The molecule has 6 heteroatoms. The zero-order valence-corrected chi connectivity index (χ0v) is 12.1. The van der Waals surface area contributed by atoms with E-state index in [9.17, 15) is 4.79 Å². The highest BCUT2D eigenvalue weighted by Crippen LogP contribution is 2.23. The molecule has 1 aromatic carbocycles. The van der Waals surface area contributed by atoms with Gasteiger partial charge in [-0.25, -0.2) is 9.97 Å². The molecule has 0 fully saturated rings. The standard InChI is InChI=1S/C15H16N2O4/c1-19-12-4-10(5-13(8-12)20-2)14(18)6-11-7-15(21-3)17-9-16-11/h4-5,7-9H,6H2,1-3H3. The average molecular weight is 288 g/mol. The third-order valence-electron chi connectivity index (χ3n) is 2.92. The van der Waals surface area contributed by atoms with E-state index in [4.69, 9.17) is 14.2 Å². The lowest BCUT2D eigenvalue weighted by Crippen LogP contribution is -2.06. The molecule has 0 amide bonds. The van der Waals surface area contributed by atoms with E-state index >= 15 is 0 Å². The van der Waals surface area contributed by atoms with E-state index in [1.165, 1.54) is 27.7 Å². The highest BCUT2D eigenvalue weighted by Gasteiger charge is 2.12. The number of benzene rings is 1. The first-order valence-electron chi connectivity index (χ1n) is 6.27. The molecule has 0 aliphatic carbocycles. The van der Waals surface area contributed by atoms with Gasteiger partial charge in [-0.1, -0.05) is 0 Å². The number of hydrogen-bond donors (Lipinski definition) is 0. The van der Waals surface area contributed by atoms with Crippen molar-refractivity contribution in [1.29, 1.82) is 0 Å². The van der Waals surface area contributed by atoms with Crippen molar-refractivity contribution < 1.29 is 19.0 Å². The minimum absolute atomic E-state index is 0.0899. The number of ether oxygens (including phenoxy) is 3. The SMILES string of the molecule is COc1cc(OC)cc(C(=O)Cc2cc(OC)ncn2)c1. The molecular formula is C15H16N2O4. The molecule has 0 radical (unpaired) electrons. The molecule has 0 aliphatic heterocycles. The Morgan fingerprint density at radius 3 is 2.19 bits per heavy atom. The summed E-state index contributed by atoms with van der Waals surface area (Å²) in [5, 5.41) is 0. The number of carbonyl (C=O) groups is 1. The van der Waals surface area contributed by atoms with Gasteiger partial charge in [0.1, 0.15) is 17.8 Å². The molecule has 2 aromatic rings. The number of carbonyl (C=O) groups excluding carboxylic acids is 1. The minimum Gasteiger partial charge on any atom is -0.497 e. The van der Waals surface area contributed by atoms with Crippen molar-refractivity contribution in [3.8, 4) is 17.4 Å². The summed E-state index contributed by atoms with van der Waals surface area (Å²) in [6, 6.07) is 6.69. The number of rotatable bonds is 6. The van der Waals surface area contributed by atoms with Gasteiger partial charge in [0.25, 0.3) is 0 Å². The number of aromatic nitrogens is 2. The lowest BCUT2D eigenvalue weighted by Gasteiger charge is -2.08. The third-order valence-corrected chi connectivity index (χ3v) is 2.92. The molecule has 1 aromatic heterocycles. The fourth-order valence-corrected chi connectivity index (χ4v) is 1.82. The molecule has 0 bridgehead atoms. The number of hydrogen-bond acceptors (Lipinski definition) is 6. The van der Waals surface area contributed by atoms with Crippen LogP contribution in [0.15, 0.2) is 30.6 Å². The van der Waals surface area contributed by atoms with E-state index in [1.54, 1.807) is 24.3 Å². The summed E-state index contributed by atoms with van der Waals surface area (Å²) in [6.45, 7) is 0. The molecule has 0 saturated carbocycles. The van der Waals surface area contributed by atoms with Crippen LogP contribution in [0.3, 0.4) is 0 Å². The summed E-state index contributed by atoms with van der Waals surface area (Å²) in [5.74, 6) is 1.47. The second-order valence-electron chi connectivity index (χ2n) is 4.25. The summed E-state index contributed by atoms with van der Waals surface area (Å²) in [7, 11) is 4.59. The number of methoxy groups -OCH3 is 3. The van der Waals surface area contributed by atoms with Gasteiger partial charge in [0.15, 0.2) is 5.78 Å². The van der Waals surface area contributed by atoms with Crippen molar-refractivity contribution in [3.63, 3.8) is 0 Å². The predicted molar refractivity (Wildman–Crippen MR) is 76.2 cm³/mol. The van der Waals surface area contributed by atoms with Crippen molar-refractivity contribution in [3.05, 3.63) is 41.9 Å². The monoisotopic (exact) mass is 288 g/mol. The van der Waals surface area contributed by atoms with Gasteiger partial charge in [-0.15, -0.1) is 0 Å². The van der Waals surface area contributed by atoms with Crippen LogP contribution >= 0.6 is 0 Å². The molecular weight excluding hydrogens is 272 g/mol. The number of nitrogens with zero attached hydrogens (tertiary/aromatic N) is 2. The Hall–Kier alpha value is -2.63. The van der Waals surface area contributed by atoms with Gasteiger partial charge < -0.3 is 14.2 Å². The lowest BCUT2D eigenvalue weighted by atomic mass is 10.1. The maximum Gasteiger partial charge on any atom is 0.216 e. The normalized spacial score (nSPS) is 10.0. The van der Waals surface area contributed by atoms with Crippen molar-refractivity contribution in [2.45, 2.75) is 6.42 Å². The molecule has 6 nitrogen and oxygen atoms in total. The van der Waals surface area contributed by atoms with Gasteiger partial charge in [0.05, 0.1) is 33.4 Å². The fourth-order valence-electron chi connectivity index (χ4n) is 1.82. The van der Waals surface area contributed by atoms with Crippen molar-refractivity contribution in [2.75, 3.05) is 21.3 Å². The van der Waals surface area contributed by atoms with Gasteiger partial charge in [0.2, 0.25) is 5.88 Å². The fraction of sp³-hybridized carbons (Fsp3) is 0.267. The molecule has 0 unspecified atom stereocenters. The lowest BCUT2D eigenvalue weighted by molar-refractivity contribution is 0.0991. The first-order valence-corrected chi connectivity index (χ1v) is 6.27. The van der Waals surface area contributed by atoms with E-state index in [-0.39, 0.29) is 12.2 Å². The van der Waals surface area contributed by atoms with Crippen LogP contribution in [0.2, 0.25) is 0 Å². The van der Waals surface area contributed by atoms with Crippen LogP contribution in [0.4, 0.5) is 0 Å². The average Bonchev–Trinajstić information content (AvgIpc) is 2.54. The summed E-state index contributed by atoms with van der Waals surface area (Å²) < 4.78 is 15.3. The molecule has 0 atom stereocenters. The van der Waals surface area contributed by atoms with E-state index < -0.39 is 0 Å². The van der Waals surface area contributed by atoms with Crippen molar-refractivity contribution >= 4 is 5.78 Å². The summed E-state index contributed by atoms with van der Waals surface area (Å²) >= 11 is 0. The van der Waals surface area contributed by atoms with E-state index in [0.29, 0.717) is 28.6 Å². The number of ketones is 1. The molecule has 110 valence electrons. The summed E-state index contributed by atoms with van der Waals surface area (Å²) in [5.41, 5.74) is 1.09.